The number of nitrogens with one attached hydrogen (secondary N) is 1. The van der Waals surface area contributed by atoms with Gasteiger partial charge < -0.3 is 11.1 Å². The fraction of sp³-hybridized carbons (Fsp3) is 0.500. The van der Waals surface area contributed by atoms with Gasteiger partial charge in [-0.15, -0.1) is 0 Å². The van der Waals surface area contributed by atoms with Gasteiger partial charge in [0.15, 0.2) is 0 Å². The largest absolute Gasteiger partial charge is 0.382 e. The average molecular weight is 182 g/mol. The summed E-state index contributed by atoms with van der Waals surface area (Å²) >= 11 is 0. The van der Waals surface area contributed by atoms with Crippen molar-refractivity contribution in [1.29, 1.82) is 0 Å². The van der Waals surface area contributed by atoms with E-state index in [1.54, 1.807) is 12.3 Å². The monoisotopic (exact) mass is 182 g/mol. The third-order valence-electron chi connectivity index (χ3n) is 1.54. The summed E-state index contributed by atoms with van der Waals surface area (Å²) in [6.45, 7) is 2.94. The molecule has 13 heavy (non-hydrogen) atoms. The van der Waals surface area contributed by atoms with Crippen LogP contribution in [0, 0.1) is 0 Å². The summed E-state index contributed by atoms with van der Waals surface area (Å²) in [5, 5.41) is 6.64. The van der Waals surface area contributed by atoms with E-state index < -0.39 is 0 Å². The Hall–Kier alpha value is -1.52. The van der Waals surface area contributed by atoms with Crippen molar-refractivity contribution in [3.63, 3.8) is 0 Å². The molecule has 0 unspecified atom stereocenters. The highest BCUT2D eigenvalue weighted by molar-refractivity contribution is 5.75. The van der Waals surface area contributed by atoms with Crippen molar-refractivity contribution < 1.29 is 4.79 Å². The lowest BCUT2D eigenvalue weighted by Crippen LogP contribution is -2.28. The molecule has 1 rings (SSSR count). The second-order valence-corrected chi connectivity index (χ2v) is 2.79. The molecule has 0 spiro atoms. The van der Waals surface area contributed by atoms with Crippen LogP contribution in [0.25, 0.3) is 0 Å². The van der Waals surface area contributed by atoms with E-state index in [-0.39, 0.29) is 12.5 Å². The van der Waals surface area contributed by atoms with Gasteiger partial charge in [0.05, 0.1) is 0 Å². The predicted octanol–water partition coefficient (Wildman–Crippen LogP) is -0.00850. The number of carbonyl (C=O) groups is 1. The van der Waals surface area contributed by atoms with Crippen LogP contribution in [0.1, 0.15) is 13.3 Å². The fourth-order valence-corrected chi connectivity index (χ4v) is 0.933. The lowest BCUT2D eigenvalue weighted by atomic mass is 10.4. The molecule has 1 aromatic heterocycles. The molecular weight excluding hydrogens is 168 g/mol. The van der Waals surface area contributed by atoms with Crippen molar-refractivity contribution in [2.24, 2.45) is 0 Å². The lowest BCUT2D eigenvalue weighted by Gasteiger charge is -2.02. The Morgan fingerprint density at radius 3 is 3.08 bits per heavy atom. The standard InChI is InChI=1S/C8H14N4O/c1-2-4-10-8(13)6-12-5-3-7(9)11-12/h3,5H,2,4,6H2,1H3,(H2,9,11)(H,10,13). The summed E-state index contributed by atoms with van der Waals surface area (Å²) in [5.41, 5.74) is 5.39. The van der Waals surface area contributed by atoms with Crippen molar-refractivity contribution in [1.82, 2.24) is 15.1 Å². The Morgan fingerprint density at radius 1 is 1.77 bits per heavy atom. The van der Waals surface area contributed by atoms with Gasteiger partial charge in [-0.3, -0.25) is 9.48 Å². The highest BCUT2D eigenvalue weighted by Crippen LogP contribution is 1.94. The molecule has 0 atom stereocenters. The van der Waals surface area contributed by atoms with E-state index >= 15 is 0 Å². The van der Waals surface area contributed by atoms with E-state index in [1.165, 1.54) is 4.68 Å². The number of nitrogens with two attached hydrogens (primary N) is 1. The number of rotatable bonds is 4. The van der Waals surface area contributed by atoms with Gasteiger partial charge in [-0.1, -0.05) is 6.92 Å². The summed E-state index contributed by atoms with van der Waals surface area (Å²) in [4.78, 5) is 11.2. The zero-order valence-electron chi connectivity index (χ0n) is 7.66. The molecule has 0 aromatic carbocycles. The summed E-state index contributed by atoms with van der Waals surface area (Å²) in [5.74, 6) is 0.397. The van der Waals surface area contributed by atoms with Gasteiger partial charge >= 0.3 is 0 Å². The Bertz CT molecular complexity index is 281. The van der Waals surface area contributed by atoms with Gasteiger partial charge in [0.1, 0.15) is 12.4 Å². The van der Waals surface area contributed by atoms with Crippen molar-refractivity contribution in [2.75, 3.05) is 12.3 Å². The van der Waals surface area contributed by atoms with E-state index in [0.717, 1.165) is 6.42 Å². The van der Waals surface area contributed by atoms with Crippen LogP contribution < -0.4 is 11.1 Å². The Labute approximate surface area is 76.9 Å². The molecule has 0 saturated carbocycles. The predicted molar refractivity (Wildman–Crippen MR) is 49.9 cm³/mol. The molecule has 5 heteroatoms. The minimum atomic E-state index is -0.0371. The fourth-order valence-electron chi connectivity index (χ4n) is 0.933. The molecule has 0 fully saturated rings. The quantitative estimate of drug-likeness (QED) is 0.688. The van der Waals surface area contributed by atoms with E-state index in [1.807, 2.05) is 6.92 Å². The first kappa shape index (κ1) is 9.57. The molecule has 0 radical (unpaired) electrons. The van der Waals surface area contributed by atoms with Crippen LogP contribution >= 0.6 is 0 Å². The van der Waals surface area contributed by atoms with Crippen LogP contribution in [0.2, 0.25) is 0 Å². The summed E-state index contributed by atoms with van der Waals surface area (Å²) in [7, 11) is 0. The minimum Gasteiger partial charge on any atom is -0.382 e. The third kappa shape index (κ3) is 3.14. The Kier molecular flexibility index (Phi) is 3.31. The maximum atomic E-state index is 11.2. The van der Waals surface area contributed by atoms with Gasteiger partial charge in [0.25, 0.3) is 0 Å². The van der Waals surface area contributed by atoms with Crippen molar-refractivity contribution in [3.8, 4) is 0 Å². The van der Waals surface area contributed by atoms with Crippen LogP contribution in [0.15, 0.2) is 12.3 Å². The molecule has 5 nitrogen and oxygen atoms in total. The highest BCUT2D eigenvalue weighted by atomic mass is 16.2. The maximum Gasteiger partial charge on any atom is 0.241 e. The number of amides is 1. The first-order chi connectivity index (χ1) is 6.22. The number of anilines is 1. The molecule has 1 aromatic rings. The minimum absolute atomic E-state index is 0.0371. The molecule has 1 heterocycles. The topological polar surface area (TPSA) is 72.9 Å². The van der Waals surface area contributed by atoms with Crippen LogP contribution in [-0.2, 0) is 11.3 Å². The Balaban J connectivity index is 2.36. The normalized spacial score (nSPS) is 9.92. The van der Waals surface area contributed by atoms with E-state index in [0.29, 0.717) is 12.4 Å². The third-order valence-corrected chi connectivity index (χ3v) is 1.54. The first-order valence-corrected chi connectivity index (χ1v) is 4.28. The SMILES string of the molecule is CCCNC(=O)Cn1ccc(N)n1. The van der Waals surface area contributed by atoms with Crippen LogP contribution in [0.5, 0.6) is 0 Å². The summed E-state index contributed by atoms with van der Waals surface area (Å²) in [6.07, 6.45) is 2.62. The van der Waals surface area contributed by atoms with Gasteiger partial charge in [0, 0.05) is 12.7 Å². The smallest absolute Gasteiger partial charge is 0.241 e. The first-order valence-electron chi connectivity index (χ1n) is 4.28. The van der Waals surface area contributed by atoms with Gasteiger partial charge in [0.2, 0.25) is 5.91 Å². The zero-order valence-corrected chi connectivity index (χ0v) is 7.66. The summed E-state index contributed by atoms with van der Waals surface area (Å²) in [6, 6.07) is 1.66. The molecule has 72 valence electrons. The van der Waals surface area contributed by atoms with E-state index in [9.17, 15) is 4.79 Å². The number of nitrogens with zero attached hydrogens (tertiary/aromatic N) is 2. The second kappa shape index (κ2) is 4.49. The Morgan fingerprint density at radius 2 is 2.54 bits per heavy atom. The average Bonchev–Trinajstić information content (AvgIpc) is 2.48. The van der Waals surface area contributed by atoms with Crippen molar-refractivity contribution >= 4 is 11.7 Å². The van der Waals surface area contributed by atoms with Gasteiger partial charge in [-0.2, -0.15) is 5.10 Å². The number of nitrogen functional groups attached to an aromatic ring is 1. The molecule has 3 N–H and O–H groups in total. The van der Waals surface area contributed by atoms with Crippen molar-refractivity contribution in [3.05, 3.63) is 12.3 Å². The van der Waals surface area contributed by atoms with E-state index in [4.69, 9.17) is 5.73 Å². The maximum absolute atomic E-state index is 11.2. The van der Waals surface area contributed by atoms with Crippen molar-refractivity contribution in [2.45, 2.75) is 19.9 Å². The second-order valence-electron chi connectivity index (χ2n) is 2.79. The molecule has 0 aliphatic heterocycles. The molecule has 0 saturated heterocycles. The zero-order chi connectivity index (χ0) is 9.68. The summed E-state index contributed by atoms with van der Waals surface area (Å²) < 4.78 is 1.51. The highest BCUT2D eigenvalue weighted by Gasteiger charge is 2.01. The van der Waals surface area contributed by atoms with Gasteiger partial charge in [-0.25, -0.2) is 0 Å². The van der Waals surface area contributed by atoms with Crippen LogP contribution in [0.4, 0.5) is 5.82 Å². The van der Waals surface area contributed by atoms with Crippen LogP contribution in [-0.4, -0.2) is 22.2 Å². The molecular formula is C8H14N4O. The molecule has 0 aliphatic carbocycles. The number of carbonyl (C=O) groups excluding carboxylic acids is 1. The molecule has 0 aliphatic rings. The lowest BCUT2D eigenvalue weighted by molar-refractivity contribution is -0.121. The van der Waals surface area contributed by atoms with Crippen LogP contribution in [0.3, 0.4) is 0 Å². The number of hydrogen-bond acceptors (Lipinski definition) is 3. The van der Waals surface area contributed by atoms with E-state index in [2.05, 4.69) is 10.4 Å². The number of hydrogen-bond donors (Lipinski definition) is 2. The van der Waals surface area contributed by atoms with Gasteiger partial charge in [-0.05, 0) is 12.5 Å². The molecule has 0 bridgehead atoms. The molecule has 1 amide bonds. The number of aromatic nitrogens is 2.